The van der Waals surface area contributed by atoms with Gasteiger partial charge in [0, 0.05) is 118 Å². The Labute approximate surface area is 552 Å². The number of hydrogen-bond acceptors (Lipinski definition) is 13. The van der Waals surface area contributed by atoms with Crippen molar-refractivity contribution in [1.82, 2.24) is 35.5 Å². The number of benzene rings is 5. The molecule has 0 bridgehead atoms. The van der Waals surface area contributed by atoms with Crippen LogP contribution in [0.2, 0.25) is 0 Å². The Morgan fingerprint density at radius 2 is 1.39 bits per heavy atom. The van der Waals surface area contributed by atoms with E-state index in [2.05, 4.69) is 52.2 Å². The second kappa shape index (κ2) is 29.1. The highest BCUT2D eigenvalue weighted by Gasteiger charge is 2.61. The van der Waals surface area contributed by atoms with Gasteiger partial charge in [-0.15, -0.1) is 0 Å². The standard InChI is InChI=1S/C73H91N9O11S/c1-45-20-19-21-47(3)93-66(85)43-63(48-26-31-53(83)32-27-48)78-69(88)64(40-50-44-76-61-23-15-14-22-54(50)61)81(10)71(90)62(77-67(86)46(2)38-45)24-16-18-36-74-65(84)25-13-12-17-37-75-68(87)49-28-33-55-58(39-49)73(82(70(55)89)94(11,91)92)56-34-29-51(79(6)7)41-59(56)72(4,5)60-42-52(80(8)9)30-35-57(60)73/h14-15,20,22-23,26-35,39,41-42,44,46-47,62-64,76,83H,12-13,16-19,21,24-25,36-38,40,43H2,1-11H3,(H,74,84)(H,75,87)(H,77,86)(H,78,88)/b45-20+/t46-,47-,62+,63?,64+/m0/s1. The number of para-hydroxylation sites is 1. The molecule has 1 unspecified atom stereocenters. The number of hydrogen-bond donors (Lipinski definition) is 6. The van der Waals surface area contributed by atoms with E-state index in [1.165, 1.54) is 17.0 Å². The maximum atomic E-state index is 15.0. The molecule has 0 radical (unpaired) electrons. The molecule has 6 amide bonds. The number of esters is 1. The number of allylic oxidation sites excluding steroid dienone is 2. The number of amides is 6. The quantitative estimate of drug-likeness (QED) is 0.0267. The third-order valence-electron chi connectivity index (χ3n) is 18.8. The van der Waals surface area contributed by atoms with Crippen LogP contribution in [0.5, 0.6) is 5.75 Å². The summed E-state index contributed by atoms with van der Waals surface area (Å²) in [5.41, 5.74) is 6.49. The molecule has 6 aromatic rings. The SMILES string of the molecule is C/C1=C\CC[C@H](C)OC(=O)CC(c2ccc(O)cc2)NC(=O)[C@@H](Cc2c[nH]c3ccccc23)N(C)C(=O)[C@@H](CCCCNC(=O)CCCCCNC(=O)c2ccc3c(c2)C2(c4ccc(N(C)C)cc4C(C)(C)c4cc(N(C)C)ccc42)N(S(C)(=O)=O)C3=O)NC(=O)[C@@H](C)C1. The fourth-order valence-corrected chi connectivity index (χ4v) is 14.7. The number of fused-ring (bicyclic) bond motifs is 7. The molecule has 6 N–H and O–H groups in total. The van der Waals surface area contributed by atoms with Crippen LogP contribution >= 0.6 is 0 Å². The van der Waals surface area contributed by atoms with E-state index in [0.29, 0.717) is 86.7 Å². The van der Waals surface area contributed by atoms with Gasteiger partial charge in [-0.3, -0.25) is 33.6 Å². The highest BCUT2D eigenvalue weighted by Crippen LogP contribution is 2.59. The second-order valence-electron chi connectivity index (χ2n) is 26.6. The van der Waals surface area contributed by atoms with Crippen molar-refractivity contribution in [3.05, 3.63) is 171 Å². The minimum absolute atomic E-state index is 0.00604. The number of phenols is 1. The van der Waals surface area contributed by atoms with Gasteiger partial charge in [-0.25, -0.2) is 12.7 Å². The maximum absolute atomic E-state index is 15.0. The molecule has 21 heteroatoms. The second-order valence-corrected chi connectivity index (χ2v) is 28.4. The molecular formula is C73H91N9O11S. The Morgan fingerprint density at radius 1 is 0.745 bits per heavy atom. The Bertz CT molecular complexity index is 3930. The lowest BCUT2D eigenvalue weighted by molar-refractivity contribution is -0.149. The molecule has 500 valence electrons. The highest BCUT2D eigenvalue weighted by atomic mass is 32.2. The Kier molecular flexibility index (Phi) is 21.5. The van der Waals surface area contributed by atoms with Crippen LogP contribution in [0.3, 0.4) is 0 Å². The van der Waals surface area contributed by atoms with Gasteiger partial charge in [0.05, 0.1) is 24.8 Å². The fraction of sp³-hybridized carbons (Fsp3) is 0.438. The van der Waals surface area contributed by atoms with E-state index in [-0.39, 0.29) is 54.4 Å². The van der Waals surface area contributed by atoms with Crippen molar-refractivity contribution in [1.29, 1.82) is 0 Å². The number of carbonyl (C=O) groups is 7. The molecule has 5 atom stereocenters. The van der Waals surface area contributed by atoms with Crippen molar-refractivity contribution in [3.63, 3.8) is 0 Å². The van der Waals surface area contributed by atoms with Crippen LogP contribution in [0, 0.1) is 5.92 Å². The number of cyclic esters (lactones) is 1. The van der Waals surface area contributed by atoms with Crippen LogP contribution in [-0.2, 0) is 56.1 Å². The first-order valence-corrected chi connectivity index (χ1v) is 34.4. The van der Waals surface area contributed by atoms with Crippen molar-refractivity contribution in [2.24, 2.45) is 5.92 Å². The largest absolute Gasteiger partial charge is 0.508 e. The lowest BCUT2D eigenvalue weighted by Gasteiger charge is -2.49. The van der Waals surface area contributed by atoms with Crippen LogP contribution in [0.25, 0.3) is 10.9 Å². The van der Waals surface area contributed by atoms with E-state index < -0.39 is 80.7 Å². The number of sulfonamides is 1. The summed E-state index contributed by atoms with van der Waals surface area (Å²) >= 11 is 0. The van der Waals surface area contributed by atoms with E-state index >= 15 is 0 Å². The summed E-state index contributed by atoms with van der Waals surface area (Å²) < 4.78 is 35.1. The molecule has 1 aromatic heterocycles. The first-order valence-electron chi connectivity index (χ1n) is 32.6. The molecule has 0 saturated heterocycles. The van der Waals surface area contributed by atoms with Crippen molar-refractivity contribution in [2.45, 2.75) is 147 Å². The number of anilines is 2. The summed E-state index contributed by atoms with van der Waals surface area (Å²) in [6, 6.07) is 27.3. The van der Waals surface area contributed by atoms with Crippen LogP contribution < -0.4 is 31.1 Å². The van der Waals surface area contributed by atoms with Gasteiger partial charge in [-0.2, -0.15) is 0 Å². The summed E-state index contributed by atoms with van der Waals surface area (Å²) in [4.78, 5) is 108. The predicted molar refractivity (Wildman–Crippen MR) is 365 cm³/mol. The van der Waals surface area contributed by atoms with E-state index in [9.17, 15) is 47.1 Å². The summed E-state index contributed by atoms with van der Waals surface area (Å²) in [6.45, 7) is 10.4. The van der Waals surface area contributed by atoms with Gasteiger partial charge in [0.15, 0.2) is 0 Å². The van der Waals surface area contributed by atoms with Crippen molar-refractivity contribution in [2.75, 3.05) is 64.4 Å². The number of aromatic amines is 1. The van der Waals surface area contributed by atoms with E-state index in [1.807, 2.05) is 106 Å². The fourth-order valence-electron chi connectivity index (χ4n) is 13.5. The average Bonchev–Trinajstić information content (AvgIpc) is 1.43. The molecular weight excluding hydrogens is 1210 g/mol. The number of rotatable bonds is 18. The monoisotopic (exact) mass is 1300 g/mol. The van der Waals surface area contributed by atoms with Gasteiger partial charge in [0.1, 0.15) is 23.4 Å². The number of ether oxygens (including phenoxy) is 1. The lowest BCUT2D eigenvalue weighted by atomic mass is 9.60. The first-order chi connectivity index (χ1) is 44.6. The van der Waals surface area contributed by atoms with Gasteiger partial charge in [0.2, 0.25) is 33.7 Å². The zero-order chi connectivity index (χ0) is 68.0. The number of aromatic hydroxyl groups is 1. The Morgan fingerprint density at radius 3 is 2.05 bits per heavy atom. The van der Waals surface area contributed by atoms with Crippen LogP contribution in [0.4, 0.5) is 11.4 Å². The molecule has 94 heavy (non-hydrogen) atoms. The molecule has 0 saturated carbocycles. The average molecular weight is 1300 g/mol. The van der Waals surface area contributed by atoms with Crippen LogP contribution in [-0.4, -0.2) is 142 Å². The minimum Gasteiger partial charge on any atom is -0.508 e. The molecule has 3 heterocycles. The molecule has 3 aliphatic rings. The highest BCUT2D eigenvalue weighted by molar-refractivity contribution is 7.89. The van der Waals surface area contributed by atoms with E-state index in [1.54, 1.807) is 50.5 Å². The smallest absolute Gasteiger partial charge is 0.308 e. The van der Waals surface area contributed by atoms with E-state index in [0.717, 1.165) is 55.1 Å². The molecule has 20 nitrogen and oxygen atoms in total. The zero-order valence-electron chi connectivity index (χ0n) is 56.0. The number of likely N-dealkylation sites (N-methyl/N-ethyl adjacent to an activating group) is 1. The topological polar surface area (TPSA) is 260 Å². The first kappa shape index (κ1) is 69.4. The number of carbonyl (C=O) groups excluding carboxylic acids is 7. The van der Waals surface area contributed by atoms with E-state index in [4.69, 9.17) is 4.74 Å². The zero-order valence-corrected chi connectivity index (χ0v) is 56.8. The van der Waals surface area contributed by atoms with Gasteiger partial charge < -0.3 is 50.8 Å². The summed E-state index contributed by atoms with van der Waals surface area (Å²) in [5, 5.41) is 23.1. The number of H-pyrrole nitrogens is 1. The third-order valence-corrected chi connectivity index (χ3v) is 19.9. The summed E-state index contributed by atoms with van der Waals surface area (Å²) in [7, 11) is 5.06. The minimum atomic E-state index is -4.24. The number of unbranched alkanes of at least 4 members (excludes halogenated alkanes) is 3. The van der Waals surface area contributed by atoms with Crippen molar-refractivity contribution >= 4 is 73.7 Å². The summed E-state index contributed by atoms with van der Waals surface area (Å²) in [6.07, 6.45) is 8.95. The van der Waals surface area contributed by atoms with Gasteiger partial charge >= 0.3 is 5.97 Å². The summed E-state index contributed by atoms with van der Waals surface area (Å²) in [5.74, 6) is -3.62. The molecule has 9 rings (SSSR count). The Balaban J connectivity index is 0.837. The normalized spacial score (nSPS) is 20.7. The maximum Gasteiger partial charge on any atom is 0.308 e. The molecule has 1 spiro atoms. The van der Waals surface area contributed by atoms with Gasteiger partial charge in [-0.1, -0.05) is 81.3 Å². The van der Waals surface area contributed by atoms with Gasteiger partial charge in [0.25, 0.3) is 11.8 Å². The predicted octanol–water partition coefficient (Wildman–Crippen LogP) is 9.43. The number of aromatic nitrogens is 1. The van der Waals surface area contributed by atoms with Crippen LogP contribution in [0.1, 0.15) is 171 Å². The number of phenolic OH excluding ortho intramolecular Hbond substituents is 1. The van der Waals surface area contributed by atoms with Crippen molar-refractivity contribution in [3.8, 4) is 5.75 Å². The number of nitrogens with one attached hydrogen (secondary N) is 5. The lowest BCUT2D eigenvalue weighted by Crippen LogP contribution is -2.56. The molecule has 1 aliphatic carbocycles. The van der Waals surface area contributed by atoms with Gasteiger partial charge in [-0.05, 0) is 159 Å². The van der Waals surface area contributed by atoms with Crippen LogP contribution in [0.15, 0.2) is 121 Å². The Hall–Kier alpha value is -8.98. The molecule has 0 fully saturated rings. The van der Waals surface area contributed by atoms with Crippen molar-refractivity contribution < 1.29 is 51.8 Å². The third kappa shape index (κ3) is 15.0. The molecule has 5 aromatic carbocycles. The molecule has 2 aliphatic heterocycles. The number of nitrogens with zero attached hydrogens (tertiary/aromatic N) is 4.